The molecule has 20 heavy (non-hydrogen) atoms. The first kappa shape index (κ1) is 15.0. The van der Waals surface area contributed by atoms with E-state index in [9.17, 15) is 4.39 Å². The van der Waals surface area contributed by atoms with E-state index in [2.05, 4.69) is 4.98 Å². The van der Waals surface area contributed by atoms with Crippen LogP contribution in [0.25, 0.3) is 0 Å². The molecule has 6 heteroatoms. The fourth-order valence-electron chi connectivity index (χ4n) is 2.10. The third kappa shape index (κ3) is 2.32. The number of nitrogens with zero attached hydrogens (tertiary/aromatic N) is 2. The van der Waals surface area contributed by atoms with Crippen molar-refractivity contribution in [3.8, 4) is 6.07 Å². The van der Waals surface area contributed by atoms with E-state index in [1.54, 1.807) is 6.92 Å². The molecule has 106 valence electrons. The Balaban J connectivity index is 2.46. The minimum Gasteiger partial charge on any atom is -0.398 e. The third-order valence-corrected chi connectivity index (χ3v) is 4.07. The van der Waals surface area contributed by atoms with Gasteiger partial charge in [0.1, 0.15) is 5.82 Å². The quantitative estimate of drug-likeness (QED) is 0.776. The molecule has 1 aliphatic rings. The highest BCUT2D eigenvalue weighted by atomic mass is 19.1. The number of rotatable bonds is 2. The number of aromatic nitrogens is 1. The van der Waals surface area contributed by atoms with Gasteiger partial charge in [0, 0.05) is 11.8 Å². The Morgan fingerprint density at radius 3 is 2.35 bits per heavy atom. The van der Waals surface area contributed by atoms with Gasteiger partial charge in [-0.25, -0.2) is 4.39 Å². The smallest absolute Gasteiger partial charge is 0.398 e. The van der Waals surface area contributed by atoms with Crippen LogP contribution in [0.15, 0.2) is 12.3 Å². The van der Waals surface area contributed by atoms with Crippen LogP contribution in [0.2, 0.25) is 0 Å². The number of pyridine rings is 1. The fourth-order valence-corrected chi connectivity index (χ4v) is 2.10. The monoisotopic (exact) mass is 276 g/mol. The molecule has 0 aliphatic carbocycles. The molecule has 1 fully saturated rings. The number of hydrogen-bond acceptors (Lipinski definition) is 4. The van der Waals surface area contributed by atoms with Crippen molar-refractivity contribution < 1.29 is 13.7 Å². The van der Waals surface area contributed by atoms with E-state index in [1.165, 1.54) is 12.3 Å². The van der Waals surface area contributed by atoms with E-state index in [-0.39, 0.29) is 5.56 Å². The summed E-state index contributed by atoms with van der Waals surface area (Å²) in [5.74, 6) is -1.07. The van der Waals surface area contributed by atoms with Crippen LogP contribution >= 0.6 is 0 Å². The average molecular weight is 276 g/mol. The molecule has 0 amide bonds. The van der Waals surface area contributed by atoms with Gasteiger partial charge in [-0.3, -0.25) is 4.98 Å². The Hall–Kier alpha value is -1.45. The van der Waals surface area contributed by atoms with E-state index in [1.807, 2.05) is 33.8 Å². The van der Waals surface area contributed by atoms with Crippen molar-refractivity contribution in [1.29, 1.82) is 5.26 Å². The van der Waals surface area contributed by atoms with E-state index in [0.717, 1.165) is 0 Å². The molecule has 1 saturated heterocycles. The van der Waals surface area contributed by atoms with Gasteiger partial charge in [0.25, 0.3) is 0 Å². The van der Waals surface area contributed by atoms with Crippen LogP contribution in [0.4, 0.5) is 4.39 Å². The molecular weight excluding hydrogens is 258 g/mol. The zero-order valence-electron chi connectivity index (χ0n) is 12.4. The second-order valence-electron chi connectivity index (χ2n) is 6.03. The molecule has 1 aromatic heterocycles. The van der Waals surface area contributed by atoms with Gasteiger partial charge < -0.3 is 9.31 Å². The molecule has 1 unspecified atom stereocenters. The summed E-state index contributed by atoms with van der Waals surface area (Å²) in [6.45, 7) is 9.30. The van der Waals surface area contributed by atoms with Gasteiger partial charge >= 0.3 is 7.12 Å². The summed E-state index contributed by atoms with van der Waals surface area (Å²) in [6.07, 6.45) is 1.36. The molecule has 0 aromatic carbocycles. The highest BCUT2D eigenvalue weighted by Gasteiger charge is 2.53. The summed E-state index contributed by atoms with van der Waals surface area (Å²) in [5, 5.41) is 9.06. The molecule has 0 bridgehead atoms. The zero-order valence-corrected chi connectivity index (χ0v) is 12.4. The van der Waals surface area contributed by atoms with Crippen LogP contribution in [0.3, 0.4) is 0 Å². The predicted octanol–water partition coefficient (Wildman–Crippen LogP) is 2.15. The van der Waals surface area contributed by atoms with Crippen molar-refractivity contribution in [2.45, 2.75) is 51.7 Å². The molecular formula is C14H18BFN2O2. The Labute approximate surface area is 119 Å². The van der Waals surface area contributed by atoms with Gasteiger partial charge in [-0.1, -0.05) is 0 Å². The van der Waals surface area contributed by atoms with E-state index in [4.69, 9.17) is 14.6 Å². The molecule has 4 nitrogen and oxygen atoms in total. The van der Waals surface area contributed by atoms with E-state index >= 15 is 0 Å². The highest BCUT2D eigenvalue weighted by Crippen LogP contribution is 2.36. The van der Waals surface area contributed by atoms with E-state index in [0.29, 0.717) is 5.59 Å². The maximum atomic E-state index is 14.0. The van der Waals surface area contributed by atoms with Crippen LogP contribution < -0.4 is 5.59 Å². The second kappa shape index (κ2) is 4.83. The first-order valence-corrected chi connectivity index (χ1v) is 6.59. The van der Waals surface area contributed by atoms with Crippen molar-refractivity contribution in [2.24, 2.45) is 0 Å². The number of hydrogen-bond donors (Lipinski definition) is 0. The maximum Gasteiger partial charge on any atom is 0.514 e. The van der Waals surface area contributed by atoms with Gasteiger partial charge in [-0.2, -0.15) is 5.26 Å². The van der Waals surface area contributed by atoms with Crippen molar-refractivity contribution >= 4 is 12.7 Å². The summed E-state index contributed by atoms with van der Waals surface area (Å²) < 4.78 is 25.8. The number of halogens is 1. The topological polar surface area (TPSA) is 55.1 Å². The summed E-state index contributed by atoms with van der Waals surface area (Å²) in [7, 11) is -0.763. The Morgan fingerprint density at radius 2 is 1.85 bits per heavy atom. The lowest BCUT2D eigenvalue weighted by molar-refractivity contribution is 0.00578. The maximum absolute atomic E-state index is 14.0. The average Bonchev–Trinajstić information content (AvgIpc) is 2.57. The van der Waals surface area contributed by atoms with Crippen molar-refractivity contribution in [3.63, 3.8) is 0 Å². The van der Waals surface area contributed by atoms with Crippen LogP contribution in [-0.4, -0.2) is 23.3 Å². The number of nitriles is 1. The summed E-state index contributed by atoms with van der Waals surface area (Å²) in [5.41, 5.74) is -0.469. The van der Waals surface area contributed by atoms with Crippen LogP contribution in [-0.2, 0) is 9.31 Å². The largest absolute Gasteiger partial charge is 0.514 e. The molecule has 2 heterocycles. The third-order valence-electron chi connectivity index (χ3n) is 4.07. The highest BCUT2D eigenvalue weighted by molar-refractivity contribution is 6.61. The van der Waals surface area contributed by atoms with Gasteiger partial charge in [-0.05, 0) is 40.7 Å². The Kier molecular flexibility index (Phi) is 3.61. The van der Waals surface area contributed by atoms with Crippen LogP contribution in [0.5, 0.6) is 0 Å². The van der Waals surface area contributed by atoms with Crippen molar-refractivity contribution in [2.75, 3.05) is 0 Å². The zero-order chi connectivity index (χ0) is 15.1. The molecule has 1 aromatic rings. The lowest BCUT2D eigenvalue weighted by Gasteiger charge is -2.32. The lowest BCUT2D eigenvalue weighted by Crippen LogP contribution is -2.41. The molecule has 1 atom stereocenters. The lowest BCUT2D eigenvalue weighted by atomic mass is 9.78. The van der Waals surface area contributed by atoms with Gasteiger partial charge in [-0.15, -0.1) is 0 Å². The van der Waals surface area contributed by atoms with E-state index < -0.39 is 30.1 Å². The normalized spacial score (nSPS) is 21.6. The van der Waals surface area contributed by atoms with Crippen molar-refractivity contribution in [1.82, 2.24) is 4.98 Å². The SMILES string of the molecule is CC(C#N)c1c(F)ccnc1B1OC(C)(C)C(C)(C)O1. The summed E-state index contributed by atoms with van der Waals surface area (Å²) >= 11 is 0. The molecule has 0 N–H and O–H groups in total. The molecule has 2 rings (SSSR count). The fraction of sp³-hybridized carbons (Fsp3) is 0.571. The minimum absolute atomic E-state index is 0.244. The standard InChI is InChI=1S/C14H18BFN2O2/c1-9(8-17)11-10(16)6-7-18-12(11)15-19-13(2,3)14(4,5)20-15/h6-7,9H,1-5H3. The molecule has 0 saturated carbocycles. The first-order valence-electron chi connectivity index (χ1n) is 6.59. The Bertz CT molecular complexity index is 553. The molecule has 0 radical (unpaired) electrons. The predicted molar refractivity (Wildman–Crippen MR) is 73.9 cm³/mol. The Morgan fingerprint density at radius 1 is 1.30 bits per heavy atom. The van der Waals surface area contributed by atoms with Crippen LogP contribution in [0, 0.1) is 17.1 Å². The van der Waals surface area contributed by atoms with Gasteiger partial charge in [0.2, 0.25) is 0 Å². The van der Waals surface area contributed by atoms with Crippen molar-refractivity contribution in [3.05, 3.63) is 23.6 Å². The van der Waals surface area contributed by atoms with Gasteiger partial charge in [0.15, 0.2) is 0 Å². The van der Waals surface area contributed by atoms with Crippen LogP contribution in [0.1, 0.15) is 46.1 Å². The molecule has 1 aliphatic heterocycles. The molecule has 0 spiro atoms. The summed E-state index contributed by atoms with van der Waals surface area (Å²) in [4.78, 5) is 4.18. The summed E-state index contributed by atoms with van der Waals surface area (Å²) in [6, 6.07) is 3.28. The van der Waals surface area contributed by atoms with Gasteiger partial charge in [0.05, 0.1) is 28.8 Å². The second-order valence-corrected chi connectivity index (χ2v) is 6.03. The first-order chi connectivity index (χ1) is 9.19. The minimum atomic E-state index is -0.763.